The summed E-state index contributed by atoms with van der Waals surface area (Å²) in [5.41, 5.74) is 7.30. The summed E-state index contributed by atoms with van der Waals surface area (Å²) in [5, 5.41) is 6.64. The second-order valence-corrected chi connectivity index (χ2v) is 3.52. The lowest BCUT2D eigenvalue weighted by Crippen LogP contribution is -2.03. The molecular formula is C11H12FN3O. The largest absolute Gasteiger partial charge is 0.397 e. The van der Waals surface area contributed by atoms with Crippen molar-refractivity contribution < 1.29 is 8.91 Å². The van der Waals surface area contributed by atoms with Crippen molar-refractivity contribution in [2.75, 3.05) is 11.1 Å². The van der Waals surface area contributed by atoms with Gasteiger partial charge in [0.25, 0.3) is 0 Å². The number of halogens is 1. The van der Waals surface area contributed by atoms with Gasteiger partial charge in [-0.1, -0.05) is 5.16 Å². The van der Waals surface area contributed by atoms with Crippen molar-refractivity contribution in [1.82, 2.24) is 5.16 Å². The van der Waals surface area contributed by atoms with E-state index >= 15 is 0 Å². The number of nitrogens with two attached hydrogens (primary N) is 1. The molecule has 4 nitrogen and oxygen atoms in total. The van der Waals surface area contributed by atoms with E-state index in [4.69, 9.17) is 10.3 Å². The monoisotopic (exact) mass is 221 g/mol. The van der Waals surface area contributed by atoms with Gasteiger partial charge >= 0.3 is 0 Å². The van der Waals surface area contributed by atoms with Crippen LogP contribution in [0.5, 0.6) is 0 Å². The lowest BCUT2D eigenvalue weighted by Gasteiger charge is -2.09. The minimum atomic E-state index is -0.303. The Balaban J connectivity index is 2.12. The Bertz CT molecular complexity index is 482. The highest BCUT2D eigenvalue weighted by Crippen LogP contribution is 2.22. The lowest BCUT2D eigenvalue weighted by molar-refractivity contribution is 0.388. The summed E-state index contributed by atoms with van der Waals surface area (Å²) < 4.78 is 18.1. The molecule has 1 heterocycles. The highest BCUT2D eigenvalue weighted by Gasteiger charge is 2.05. The van der Waals surface area contributed by atoms with Gasteiger partial charge in [0, 0.05) is 6.07 Å². The third-order valence-electron chi connectivity index (χ3n) is 2.28. The standard InChI is InChI=1S/C11H12FN3O/c1-7-4-11(10(13)5-9(7)12)14-6-8-2-3-15-16-8/h2-5,14H,6,13H2,1H3. The average Bonchev–Trinajstić information content (AvgIpc) is 2.74. The highest BCUT2D eigenvalue weighted by molar-refractivity contribution is 5.67. The number of nitrogens with one attached hydrogen (secondary N) is 1. The predicted molar refractivity (Wildman–Crippen MR) is 59.4 cm³/mol. The Kier molecular flexibility index (Phi) is 2.76. The van der Waals surface area contributed by atoms with Crippen LogP contribution < -0.4 is 11.1 Å². The maximum absolute atomic E-state index is 13.1. The zero-order chi connectivity index (χ0) is 11.5. The lowest BCUT2D eigenvalue weighted by atomic mass is 10.2. The molecular weight excluding hydrogens is 209 g/mol. The molecule has 84 valence electrons. The van der Waals surface area contributed by atoms with Crippen molar-refractivity contribution >= 4 is 11.4 Å². The summed E-state index contributed by atoms with van der Waals surface area (Å²) in [5.74, 6) is 0.393. The van der Waals surface area contributed by atoms with Crippen molar-refractivity contribution in [3.05, 3.63) is 41.5 Å². The first-order valence-corrected chi connectivity index (χ1v) is 4.86. The second kappa shape index (κ2) is 4.22. The minimum absolute atomic E-state index is 0.303. The molecule has 0 aliphatic rings. The SMILES string of the molecule is Cc1cc(NCc2ccno2)c(N)cc1F. The molecule has 16 heavy (non-hydrogen) atoms. The van der Waals surface area contributed by atoms with Crippen molar-refractivity contribution in [3.8, 4) is 0 Å². The van der Waals surface area contributed by atoms with Crippen LogP contribution in [0.2, 0.25) is 0 Å². The number of benzene rings is 1. The van der Waals surface area contributed by atoms with E-state index in [0.717, 1.165) is 0 Å². The van der Waals surface area contributed by atoms with E-state index in [9.17, 15) is 4.39 Å². The van der Waals surface area contributed by atoms with Gasteiger partial charge in [-0.2, -0.15) is 0 Å². The molecule has 0 bridgehead atoms. The van der Waals surface area contributed by atoms with Gasteiger partial charge in [-0.3, -0.25) is 0 Å². The summed E-state index contributed by atoms with van der Waals surface area (Å²) in [6, 6.07) is 4.72. The van der Waals surface area contributed by atoms with Gasteiger partial charge < -0.3 is 15.6 Å². The van der Waals surface area contributed by atoms with Crippen LogP contribution in [-0.2, 0) is 6.54 Å². The van der Waals surface area contributed by atoms with Crippen molar-refractivity contribution in [3.63, 3.8) is 0 Å². The number of nitrogens with zero attached hydrogens (tertiary/aromatic N) is 1. The first kappa shape index (κ1) is 10.5. The van der Waals surface area contributed by atoms with Crippen LogP contribution in [0.25, 0.3) is 0 Å². The molecule has 0 aliphatic heterocycles. The van der Waals surface area contributed by atoms with Gasteiger partial charge in [0.05, 0.1) is 24.1 Å². The first-order valence-electron chi connectivity index (χ1n) is 4.86. The second-order valence-electron chi connectivity index (χ2n) is 3.52. The normalized spacial score (nSPS) is 10.4. The number of rotatable bonds is 3. The summed E-state index contributed by atoms with van der Waals surface area (Å²) in [6.07, 6.45) is 1.57. The molecule has 0 spiro atoms. The van der Waals surface area contributed by atoms with Gasteiger partial charge in [-0.05, 0) is 24.6 Å². The van der Waals surface area contributed by atoms with Crippen LogP contribution in [0.3, 0.4) is 0 Å². The Morgan fingerprint density at radius 3 is 3.00 bits per heavy atom. The Hall–Kier alpha value is -2.04. The summed E-state index contributed by atoms with van der Waals surface area (Å²) >= 11 is 0. The fraction of sp³-hybridized carbons (Fsp3) is 0.182. The summed E-state index contributed by atoms with van der Waals surface area (Å²) in [4.78, 5) is 0. The van der Waals surface area contributed by atoms with Crippen LogP contribution >= 0.6 is 0 Å². The number of aromatic nitrogens is 1. The van der Waals surface area contributed by atoms with Crippen molar-refractivity contribution in [2.24, 2.45) is 0 Å². The van der Waals surface area contributed by atoms with Crippen LogP contribution in [0.1, 0.15) is 11.3 Å². The fourth-order valence-corrected chi connectivity index (χ4v) is 1.37. The van der Waals surface area contributed by atoms with Crippen molar-refractivity contribution in [2.45, 2.75) is 13.5 Å². The summed E-state index contributed by atoms with van der Waals surface area (Å²) in [7, 11) is 0. The van der Waals surface area contributed by atoms with Gasteiger partial charge in [-0.15, -0.1) is 0 Å². The molecule has 0 radical (unpaired) electrons. The number of aryl methyl sites for hydroxylation is 1. The smallest absolute Gasteiger partial charge is 0.155 e. The van der Waals surface area contributed by atoms with E-state index in [1.54, 1.807) is 25.3 Å². The maximum atomic E-state index is 13.1. The van der Waals surface area contributed by atoms with Crippen LogP contribution in [-0.4, -0.2) is 5.16 Å². The number of hydrogen-bond donors (Lipinski definition) is 2. The molecule has 1 aromatic heterocycles. The molecule has 3 N–H and O–H groups in total. The Morgan fingerprint density at radius 2 is 2.31 bits per heavy atom. The predicted octanol–water partition coefficient (Wildman–Crippen LogP) is 2.32. The van der Waals surface area contributed by atoms with E-state index < -0.39 is 0 Å². The quantitative estimate of drug-likeness (QED) is 0.781. The van der Waals surface area contributed by atoms with E-state index in [1.165, 1.54) is 6.07 Å². The van der Waals surface area contributed by atoms with E-state index in [2.05, 4.69) is 10.5 Å². The molecule has 2 aromatic rings. The zero-order valence-corrected chi connectivity index (χ0v) is 8.83. The average molecular weight is 221 g/mol. The Labute approximate surface area is 92.2 Å². The molecule has 1 aromatic carbocycles. The fourth-order valence-electron chi connectivity index (χ4n) is 1.37. The number of anilines is 2. The molecule has 0 saturated carbocycles. The highest BCUT2D eigenvalue weighted by atomic mass is 19.1. The van der Waals surface area contributed by atoms with Gasteiger partial charge in [0.15, 0.2) is 5.76 Å². The topological polar surface area (TPSA) is 64.1 Å². The number of nitrogen functional groups attached to an aromatic ring is 1. The van der Waals surface area contributed by atoms with Gasteiger partial charge in [0.1, 0.15) is 5.82 Å². The third-order valence-corrected chi connectivity index (χ3v) is 2.28. The molecule has 0 saturated heterocycles. The molecule has 0 unspecified atom stereocenters. The van der Waals surface area contributed by atoms with Crippen LogP contribution in [0, 0.1) is 12.7 Å². The molecule has 0 atom stereocenters. The third kappa shape index (κ3) is 2.13. The van der Waals surface area contributed by atoms with Crippen LogP contribution in [0.15, 0.2) is 28.9 Å². The van der Waals surface area contributed by atoms with E-state index in [1.807, 2.05) is 0 Å². The van der Waals surface area contributed by atoms with Crippen LogP contribution in [0.4, 0.5) is 15.8 Å². The molecule has 0 amide bonds. The molecule has 0 fully saturated rings. The molecule has 5 heteroatoms. The van der Waals surface area contributed by atoms with Crippen molar-refractivity contribution in [1.29, 1.82) is 0 Å². The zero-order valence-electron chi connectivity index (χ0n) is 8.83. The summed E-state index contributed by atoms with van der Waals surface area (Å²) in [6.45, 7) is 2.16. The maximum Gasteiger partial charge on any atom is 0.155 e. The first-order chi connectivity index (χ1) is 7.66. The van der Waals surface area contributed by atoms with E-state index in [-0.39, 0.29) is 5.82 Å². The Morgan fingerprint density at radius 1 is 1.50 bits per heavy atom. The number of hydrogen-bond acceptors (Lipinski definition) is 4. The van der Waals surface area contributed by atoms with Gasteiger partial charge in [-0.25, -0.2) is 4.39 Å². The minimum Gasteiger partial charge on any atom is -0.397 e. The molecule has 2 rings (SSSR count). The molecule has 0 aliphatic carbocycles. The van der Waals surface area contributed by atoms with E-state index in [0.29, 0.717) is 29.2 Å². The van der Waals surface area contributed by atoms with Gasteiger partial charge in [0.2, 0.25) is 0 Å².